The number of ether oxygens (including phenoxy) is 1. The van der Waals surface area contributed by atoms with Gasteiger partial charge in [-0.15, -0.1) is 0 Å². The van der Waals surface area contributed by atoms with Crippen LogP contribution in [0.5, 0.6) is 5.88 Å². The summed E-state index contributed by atoms with van der Waals surface area (Å²) in [5.74, 6) is -0.883. The molecule has 0 spiro atoms. The lowest BCUT2D eigenvalue weighted by molar-refractivity contribution is 0.0688. The first-order valence-electron chi connectivity index (χ1n) is 6.60. The van der Waals surface area contributed by atoms with Crippen LogP contribution in [-0.2, 0) is 0 Å². The van der Waals surface area contributed by atoms with Gasteiger partial charge in [0.05, 0.1) is 0 Å². The Morgan fingerprint density at radius 1 is 1.40 bits per heavy atom. The van der Waals surface area contributed by atoms with E-state index in [2.05, 4.69) is 53.5 Å². The molecule has 5 nitrogen and oxygen atoms in total. The third-order valence-electron chi connectivity index (χ3n) is 2.96. The number of aromatic nitrogens is 1. The van der Waals surface area contributed by atoms with Gasteiger partial charge in [-0.2, -0.15) is 0 Å². The number of carbonyl (C=O) groups is 1. The van der Waals surface area contributed by atoms with Crippen LogP contribution in [0.25, 0.3) is 0 Å². The number of pyridine rings is 1. The summed E-state index contributed by atoms with van der Waals surface area (Å²) in [5, 5.41) is 9.12. The van der Waals surface area contributed by atoms with Crippen molar-refractivity contribution in [2.45, 2.75) is 39.8 Å². The third kappa shape index (κ3) is 4.76. The molecule has 0 unspecified atom stereocenters. The molecule has 0 saturated carbocycles. The Hall–Kier alpha value is -1.14. The zero-order valence-electron chi connectivity index (χ0n) is 12.3. The molecule has 1 heterocycles. The average Bonchev–Trinajstić information content (AvgIpc) is 2.34. The monoisotopic (exact) mass is 344 g/mol. The molecule has 0 aliphatic carbocycles. The number of carboxylic acids is 1. The van der Waals surface area contributed by atoms with Crippen LogP contribution >= 0.6 is 15.9 Å². The van der Waals surface area contributed by atoms with E-state index < -0.39 is 5.97 Å². The SMILES string of the molecule is CC(C)N(CCOc1ncc(Br)cc1C(=O)O)C(C)C. The summed E-state index contributed by atoms with van der Waals surface area (Å²) in [6, 6.07) is 2.32. The summed E-state index contributed by atoms with van der Waals surface area (Å²) in [6.45, 7) is 9.64. The molecule has 0 radical (unpaired) electrons. The molecule has 0 aliphatic rings. The van der Waals surface area contributed by atoms with Gasteiger partial charge in [-0.1, -0.05) is 0 Å². The van der Waals surface area contributed by atoms with Crippen molar-refractivity contribution in [3.63, 3.8) is 0 Å². The Balaban J connectivity index is 2.68. The van der Waals surface area contributed by atoms with Gasteiger partial charge < -0.3 is 9.84 Å². The first kappa shape index (κ1) is 16.9. The lowest BCUT2D eigenvalue weighted by Crippen LogP contribution is -2.39. The van der Waals surface area contributed by atoms with Crippen molar-refractivity contribution in [2.24, 2.45) is 0 Å². The van der Waals surface area contributed by atoms with Gasteiger partial charge in [0.1, 0.15) is 12.2 Å². The standard InChI is InChI=1S/C14H21BrN2O3/c1-9(2)17(10(3)4)5-6-20-13-12(14(18)19)7-11(15)8-16-13/h7-10H,5-6H2,1-4H3,(H,18,19). The highest BCUT2D eigenvalue weighted by Gasteiger charge is 2.16. The molecule has 1 N–H and O–H groups in total. The lowest BCUT2D eigenvalue weighted by atomic mass is 10.2. The van der Waals surface area contributed by atoms with Crippen molar-refractivity contribution in [1.29, 1.82) is 0 Å². The summed E-state index contributed by atoms with van der Waals surface area (Å²) in [7, 11) is 0. The van der Waals surface area contributed by atoms with Crippen LogP contribution in [0.3, 0.4) is 0 Å². The Morgan fingerprint density at radius 3 is 2.50 bits per heavy atom. The second-order valence-corrected chi connectivity index (χ2v) is 6.00. The van der Waals surface area contributed by atoms with E-state index in [1.54, 1.807) is 0 Å². The largest absolute Gasteiger partial charge is 0.477 e. The van der Waals surface area contributed by atoms with Gasteiger partial charge in [0, 0.05) is 29.3 Å². The molecule has 1 aromatic heterocycles. The van der Waals surface area contributed by atoms with Gasteiger partial charge >= 0.3 is 5.97 Å². The molecule has 112 valence electrons. The topological polar surface area (TPSA) is 62.7 Å². The molecule has 0 fully saturated rings. The smallest absolute Gasteiger partial charge is 0.341 e. The van der Waals surface area contributed by atoms with Crippen molar-refractivity contribution in [1.82, 2.24) is 9.88 Å². The Bertz CT molecular complexity index is 456. The minimum Gasteiger partial charge on any atom is -0.477 e. The predicted octanol–water partition coefficient (Wildman–Crippen LogP) is 3.04. The second-order valence-electron chi connectivity index (χ2n) is 5.09. The summed E-state index contributed by atoms with van der Waals surface area (Å²) in [6.07, 6.45) is 1.53. The zero-order valence-corrected chi connectivity index (χ0v) is 13.8. The Morgan fingerprint density at radius 2 is 2.00 bits per heavy atom. The number of hydrogen-bond acceptors (Lipinski definition) is 4. The maximum atomic E-state index is 11.1. The van der Waals surface area contributed by atoms with E-state index >= 15 is 0 Å². The Kier molecular flexibility index (Phi) is 6.42. The van der Waals surface area contributed by atoms with Gasteiger partial charge in [-0.25, -0.2) is 9.78 Å². The van der Waals surface area contributed by atoms with Gasteiger partial charge in [0.2, 0.25) is 5.88 Å². The second kappa shape index (κ2) is 7.59. The molecular weight excluding hydrogens is 324 g/mol. The van der Waals surface area contributed by atoms with Crippen LogP contribution in [0.1, 0.15) is 38.1 Å². The zero-order chi connectivity index (χ0) is 15.3. The Labute approximate surface area is 128 Å². The maximum Gasteiger partial charge on any atom is 0.341 e. The number of aromatic carboxylic acids is 1. The highest BCUT2D eigenvalue weighted by molar-refractivity contribution is 9.10. The van der Waals surface area contributed by atoms with E-state index in [4.69, 9.17) is 9.84 Å². The highest BCUT2D eigenvalue weighted by atomic mass is 79.9. The van der Waals surface area contributed by atoms with Gasteiger partial charge in [0.25, 0.3) is 0 Å². The molecule has 0 bridgehead atoms. The predicted molar refractivity (Wildman–Crippen MR) is 81.4 cm³/mol. The van der Waals surface area contributed by atoms with Crippen molar-refractivity contribution < 1.29 is 14.6 Å². The fourth-order valence-corrected chi connectivity index (χ4v) is 2.39. The number of rotatable bonds is 7. The number of carboxylic acid groups (broad SMARTS) is 1. The van der Waals surface area contributed by atoms with E-state index in [1.807, 2.05) is 0 Å². The van der Waals surface area contributed by atoms with E-state index in [9.17, 15) is 4.79 Å². The molecule has 0 aliphatic heterocycles. The molecule has 0 saturated heterocycles. The summed E-state index contributed by atoms with van der Waals surface area (Å²) in [4.78, 5) is 17.4. The minimum absolute atomic E-state index is 0.0695. The molecule has 0 aromatic carbocycles. The number of halogens is 1. The molecule has 0 atom stereocenters. The number of hydrogen-bond donors (Lipinski definition) is 1. The van der Waals surface area contributed by atoms with Gasteiger partial charge in [0.15, 0.2) is 0 Å². The molecule has 6 heteroatoms. The molecule has 1 aromatic rings. The summed E-state index contributed by atoms with van der Waals surface area (Å²) in [5.41, 5.74) is 0.0695. The van der Waals surface area contributed by atoms with Crippen LogP contribution in [0.15, 0.2) is 16.7 Å². The van der Waals surface area contributed by atoms with Crippen molar-refractivity contribution in [3.05, 3.63) is 22.3 Å². The maximum absolute atomic E-state index is 11.1. The van der Waals surface area contributed by atoms with E-state index in [0.29, 0.717) is 23.2 Å². The molecule has 0 amide bonds. The first-order valence-corrected chi connectivity index (χ1v) is 7.39. The lowest BCUT2D eigenvalue weighted by Gasteiger charge is -2.30. The highest BCUT2D eigenvalue weighted by Crippen LogP contribution is 2.20. The fraction of sp³-hybridized carbons (Fsp3) is 0.571. The summed E-state index contributed by atoms with van der Waals surface area (Å²) >= 11 is 3.20. The van der Waals surface area contributed by atoms with Crippen LogP contribution < -0.4 is 4.74 Å². The minimum atomic E-state index is -1.04. The van der Waals surface area contributed by atoms with Crippen LogP contribution in [0, 0.1) is 0 Å². The third-order valence-corrected chi connectivity index (χ3v) is 3.40. The number of nitrogens with zero attached hydrogens (tertiary/aromatic N) is 2. The van der Waals surface area contributed by atoms with Crippen molar-refractivity contribution in [3.8, 4) is 5.88 Å². The van der Waals surface area contributed by atoms with E-state index in [0.717, 1.165) is 6.54 Å². The average molecular weight is 345 g/mol. The molecule has 20 heavy (non-hydrogen) atoms. The van der Waals surface area contributed by atoms with Crippen LogP contribution in [0.2, 0.25) is 0 Å². The van der Waals surface area contributed by atoms with Crippen molar-refractivity contribution in [2.75, 3.05) is 13.2 Å². The molecular formula is C14H21BrN2O3. The van der Waals surface area contributed by atoms with Gasteiger partial charge in [-0.3, -0.25) is 4.90 Å². The quantitative estimate of drug-likeness (QED) is 0.823. The molecule has 1 rings (SSSR count). The summed E-state index contributed by atoms with van der Waals surface area (Å²) < 4.78 is 6.15. The fourth-order valence-electron chi connectivity index (χ4n) is 2.06. The van der Waals surface area contributed by atoms with Gasteiger partial charge in [-0.05, 0) is 49.7 Å². The van der Waals surface area contributed by atoms with Crippen LogP contribution in [-0.4, -0.2) is 46.2 Å². The van der Waals surface area contributed by atoms with E-state index in [-0.39, 0.29) is 11.4 Å². The first-order chi connectivity index (χ1) is 9.32. The van der Waals surface area contributed by atoms with Crippen LogP contribution in [0.4, 0.5) is 0 Å². The normalized spacial score (nSPS) is 11.4. The van der Waals surface area contributed by atoms with Crippen molar-refractivity contribution >= 4 is 21.9 Å². The van der Waals surface area contributed by atoms with E-state index in [1.165, 1.54) is 12.3 Å².